The SMILES string of the molecule is OC1[C@@H](O)[C@H]2C=C[C@H](NN2)[C@H]1O. The van der Waals surface area contributed by atoms with Crippen LogP contribution in [0.1, 0.15) is 0 Å². The van der Waals surface area contributed by atoms with Crippen LogP contribution in [0.2, 0.25) is 0 Å². The van der Waals surface area contributed by atoms with Crippen LogP contribution in [-0.2, 0) is 0 Å². The Kier molecular flexibility index (Phi) is 1.90. The molecular weight excluding hydrogens is 160 g/mol. The van der Waals surface area contributed by atoms with E-state index in [4.69, 9.17) is 0 Å². The molecule has 12 heavy (non-hydrogen) atoms. The standard InChI is InChI=1S/C7H12N2O3/c10-5-3-1-2-4(9-8-3)6(11)7(5)12/h1-12H/t3-,4+,5+,6-,7?. The first-order chi connectivity index (χ1) is 5.70. The summed E-state index contributed by atoms with van der Waals surface area (Å²) in [5.74, 6) is 0. The highest BCUT2D eigenvalue weighted by atomic mass is 16.4. The zero-order valence-electron chi connectivity index (χ0n) is 6.38. The molecule has 1 unspecified atom stereocenters. The van der Waals surface area contributed by atoms with E-state index in [1.54, 1.807) is 12.2 Å². The van der Waals surface area contributed by atoms with E-state index in [0.29, 0.717) is 0 Å². The number of nitrogens with one attached hydrogen (secondary N) is 2. The molecule has 3 rings (SSSR count). The number of hydrogen-bond donors (Lipinski definition) is 5. The molecule has 0 amide bonds. The summed E-state index contributed by atoms with van der Waals surface area (Å²) in [5, 5.41) is 28.3. The molecule has 5 heteroatoms. The van der Waals surface area contributed by atoms with Crippen molar-refractivity contribution in [3.63, 3.8) is 0 Å². The first-order valence-electron chi connectivity index (χ1n) is 3.94. The average Bonchev–Trinajstić information content (AvgIpc) is 2.27. The lowest BCUT2D eigenvalue weighted by Crippen LogP contribution is -2.51. The molecule has 5 atom stereocenters. The van der Waals surface area contributed by atoms with E-state index in [9.17, 15) is 15.3 Å². The van der Waals surface area contributed by atoms with Gasteiger partial charge in [0.15, 0.2) is 0 Å². The average molecular weight is 172 g/mol. The molecule has 5 nitrogen and oxygen atoms in total. The maximum atomic E-state index is 9.45. The van der Waals surface area contributed by atoms with E-state index in [1.807, 2.05) is 0 Å². The molecular formula is C7H12N2O3. The summed E-state index contributed by atoms with van der Waals surface area (Å²) >= 11 is 0. The molecule has 3 aliphatic rings. The van der Waals surface area contributed by atoms with Crippen molar-refractivity contribution in [2.75, 3.05) is 0 Å². The highest BCUT2D eigenvalue weighted by Crippen LogP contribution is 2.17. The fourth-order valence-electron chi connectivity index (χ4n) is 1.55. The number of rotatable bonds is 0. The van der Waals surface area contributed by atoms with E-state index in [2.05, 4.69) is 10.9 Å². The van der Waals surface area contributed by atoms with E-state index in [-0.39, 0.29) is 12.1 Å². The van der Waals surface area contributed by atoms with Gasteiger partial charge in [0.2, 0.25) is 0 Å². The maximum absolute atomic E-state index is 9.45. The minimum Gasteiger partial charge on any atom is -0.388 e. The lowest BCUT2D eigenvalue weighted by atomic mass is 10.0. The summed E-state index contributed by atoms with van der Waals surface area (Å²) in [5.41, 5.74) is 5.57. The molecule has 0 spiro atoms. The fraction of sp³-hybridized carbons (Fsp3) is 0.714. The van der Waals surface area contributed by atoms with Gasteiger partial charge in [-0.3, -0.25) is 0 Å². The van der Waals surface area contributed by atoms with Gasteiger partial charge < -0.3 is 15.3 Å². The van der Waals surface area contributed by atoms with Gasteiger partial charge in [0.1, 0.15) is 18.3 Å². The monoisotopic (exact) mass is 172 g/mol. The second kappa shape index (κ2) is 2.79. The predicted molar refractivity (Wildman–Crippen MR) is 41.0 cm³/mol. The number of aliphatic hydroxyl groups excluding tert-OH is 3. The van der Waals surface area contributed by atoms with Crippen LogP contribution in [0.4, 0.5) is 0 Å². The van der Waals surface area contributed by atoms with Crippen molar-refractivity contribution in [3.05, 3.63) is 12.2 Å². The van der Waals surface area contributed by atoms with Crippen molar-refractivity contribution < 1.29 is 15.3 Å². The summed E-state index contributed by atoms with van der Waals surface area (Å²) < 4.78 is 0. The van der Waals surface area contributed by atoms with E-state index < -0.39 is 18.3 Å². The first kappa shape index (κ1) is 8.15. The van der Waals surface area contributed by atoms with Gasteiger partial charge in [-0.25, -0.2) is 10.9 Å². The van der Waals surface area contributed by atoms with Crippen molar-refractivity contribution in [2.24, 2.45) is 0 Å². The maximum Gasteiger partial charge on any atom is 0.109 e. The van der Waals surface area contributed by atoms with Gasteiger partial charge >= 0.3 is 0 Å². The quantitative estimate of drug-likeness (QED) is 0.260. The summed E-state index contributed by atoms with van der Waals surface area (Å²) in [6.45, 7) is 0. The van der Waals surface area contributed by atoms with Gasteiger partial charge in [-0.1, -0.05) is 12.2 Å². The molecule has 5 N–H and O–H groups in total. The Balaban J connectivity index is 2.27. The predicted octanol–water partition coefficient (Wildman–Crippen LogP) is -2.52. The van der Waals surface area contributed by atoms with Crippen molar-refractivity contribution >= 4 is 0 Å². The third-order valence-corrected chi connectivity index (χ3v) is 2.38. The second-order valence-corrected chi connectivity index (χ2v) is 3.20. The highest BCUT2D eigenvalue weighted by Gasteiger charge is 2.39. The molecule has 2 aliphatic heterocycles. The summed E-state index contributed by atoms with van der Waals surface area (Å²) in [6.07, 6.45) is 0.460. The number of aliphatic hydroxyl groups is 3. The molecule has 68 valence electrons. The van der Waals surface area contributed by atoms with Crippen LogP contribution in [0, 0.1) is 0 Å². The third kappa shape index (κ3) is 1.07. The highest BCUT2D eigenvalue weighted by molar-refractivity contribution is 5.14. The largest absolute Gasteiger partial charge is 0.388 e. The smallest absolute Gasteiger partial charge is 0.109 e. The first-order valence-corrected chi connectivity index (χ1v) is 3.94. The summed E-state index contributed by atoms with van der Waals surface area (Å²) in [6, 6.07) is -0.651. The van der Waals surface area contributed by atoms with Crippen LogP contribution in [0.3, 0.4) is 0 Å². The Morgan fingerprint density at radius 2 is 1.17 bits per heavy atom. The Hall–Kier alpha value is -0.460. The van der Waals surface area contributed by atoms with Gasteiger partial charge in [-0.05, 0) is 0 Å². The van der Waals surface area contributed by atoms with Crippen molar-refractivity contribution in [3.8, 4) is 0 Å². The van der Waals surface area contributed by atoms with E-state index in [1.165, 1.54) is 0 Å². The summed E-state index contributed by atoms with van der Waals surface area (Å²) in [4.78, 5) is 0. The minimum atomic E-state index is -1.10. The lowest BCUT2D eigenvalue weighted by molar-refractivity contribution is -0.0569. The Bertz CT molecular complexity index is 189. The zero-order chi connectivity index (χ0) is 8.72. The van der Waals surface area contributed by atoms with Crippen LogP contribution < -0.4 is 10.9 Å². The lowest BCUT2D eigenvalue weighted by Gasteiger charge is -2.22. The Labute approximate surface area is 69.7 Å². The fourth-order valence-corrected chi connectivity index (χ4v) is 1.55. The van der Waals surface area contributed by atoms with Crippen molar-refractivity contribution in [2.45, 2.75) is 30.4 Å². The topological polar surface area (TPSA) is 84.8 Å². The third-order valence-electron chi connectivity index (χ3n) is 2.38. The van der Waals surface area contributed by atoms with Crippen LogP contribution >= 0.6 is 0 Å². The molecule has 2 bridgehead atoms. The molecule has 0 aromatic carbocycles. The Morgan fingerprint density at radius 1 is 0.750 bits per heavy atom. The van der Waals surface area contributed by atoms with Gasteiger partial charge in [-0.2, -0.15) is 0 Å². The molecule has 1 aliphatic carbocycles. The van der Waals surface area contributed by atoms with Crippen LogP contribution in [-0.4, -0.2) is 45.7 Å². The van der Waals surface area contributed by atoms with Gasteiger partial charge in [0.05, 0.1) is 12.1 Å². The number of hydrazine groups is 1. The van der Waals surface area contributed by atoms with Gasteiger partial charge in [0.25, 0.3) is 0 Å². The molecule has 1 saturated heterocycles. The molecule has 2 heterocycles. The van der Waals surface area contributed by atoms with Crippen LogP contribution in [0.25, 0.3) is 0 Å². The molecule has 0 aromatic heterocycles. The van der Waals surface area contributed by atoms with E-state index >= 15 is 0 Å². The number of hydrogen-bond acceptors (Lipinski definition) is 5. The van der Waals surface area contributed by atoms with Gasteiger partial charge in [-0.15, -0.1) is 0 Å². The molecule has 0 aromatic rings. The minimum absolute atomic E-state index is 0.326. The van der Waals surface area contributed by atoms with Crippen molar-refractivity contribution in [1.82, 2.24) is 10.9 Å². The van der Waals surface area contributed by atoms with Crippen molar-refractivity contribution in [1.29, 1.82) is 0 Å². The van der Waals surface area contributed by atoms with Gasteiger partial charge in [0, 0.05) is 0 Å². The Morgan fingerprint density at radius 3 is 1.50 bits per heavy atom. The molecule has 0 saturated carbocycles. The van der Waals surface area contributed by atoms with Crippen LogP contribution in [0.5, 0.6) is 0 Å². The van der Waals surface area contributed by atoms with Crippen LogP contribution in [0.15, 0.2) is 12.2 Å². The van der Waals surface area contributed by atoms with E-state index in [0.717, 1.165) is 0 Å². The molecule has 1 fully saturated rings. The number of fused-ring (bicyclic) bond motifs is 3. The second-order valence-electron chi connectivity index (χ2n) is 3.20. The zero-order valence-corrected chi connectivity index (χ0v) is 6.38. The normalized spacial score (nSPS) is 52.4. The summed E-state index contributed by atoms with van der Waals surface area (Å²) in [7, 11) is 0. The molecule has 0 radical (unpaired) electrons.